The third kappa shape index (κ3) is 2.43. The summed E-state index contributed by atoms with van der Waals surface area (Å²) in [6.07, 6.45) is 4.97. The van der Waals surface area contributed by atoms with E-state index in [-0.39, 0.29) is 0 Å². The van der Waals surface area contributed by atoms with E-state index in [0.717, 1.165) is 17.6 Å². The average molecular weight is 206 g/mol. The third-order valence-electron chi connectivity index (χ3n) is 3.08. The van der Waals surface area contributed by atoms with E-state index in [1.807, 2.05) is 6.92 Å². The number of hydrogen-bond donors (Lipinski definition) is 1. The van der Waals surface area contributed by atoms with Crippen LogP contribution in [0.5, 0.6) is 0 Å². The van der Waals surface area contributed by atoms with Crippen LogP contribution in [0.15, 0.2) is 0 Å². The molecule has 1 heterocycles. The quantitative estimate of drug-likeness (QED) is 0.763. The van der Waals surface area contributed by atoms with Gasteiger partial charge >= 0.3 is 0 Å². The molecule has 1 aromatic rings. The molecule has 1 aliphatic rings. The lowest BCUT2D eigenvalue weighted by atomic mass is 9.82. The molecule has 1 fully saturated rings. The first-order chi connectivity index (χ1) is 7.15. The highest BCUT2D eigenvalue weighted by atomic mass is 15.1. The maximum absolute atomic E-state index is 5.64. The molecule has 4 nitrogen and oxygen atoms in total. The lowest BCUT2D eigenvalue weighted by Gasteiger charge is -2.25. The minimum Gasteiger partial charge on any atom is -0.368 e. The molecule has 1 aromatic heterocycles. The molecular weight excluding hydrogens is 188 g/mol. The van der Waals surface area contributed by atoms with Crippen molar-refractivity contribution >= 4 is 5.95 Å². The highest BCUT2D eigenvalue weighted by Crippen LogP contribution is 2.34. The summed E-state index contributed by atoms with van der Waals surface area (Å²) in [6.45, 7) is 4.16. The Morgan fingerprint density at radius 2 is 2.00 bits per heavy atom. The Kier molecular flexibility index (Phi) is 2.84. The lowest BCUT2D eigenvalue weighted by Crippen LogP contribution is -2.16. The van der Waals surface area contributed by atoms with Crippen molar-refractivity contribution < 1.29 is 0 Å². The summed E-state index contributed by atoms with van der Waals surface area (Å²) in [7, 11) is 0. The topological polar surface area (TPSA) is 64.7 Å². The van der Waals surface area contributed by atoms with Gasteiger partial charge < -0.3 is 5.73 Å². The summed E-state index contributed by atoms with van der Waals surface area (Å²) in [4.78, 5) is 12.6. The van der Waals surface area contributed by atoms with Crippen LogP contribution in [0.4, 0.5) is 5.95 Å². The first-order valence-electron chi connectivity index (χ1n) is 5.63. The van der Waals surface area contributed by atoms with E-state index in [0.29, 0.717) is 11.9 Å². The van der Waals surface area contributed by atoms with Crippen molar-refractivity contribution in [2.75, 3.05) is 5.73 Å². The second-order valence-corrected chi connectivity index (χ2v) is 4.57. The summed E-state index contributed by atoms with van der Waals surface area (Å²) < 4.78 is 0. The highest BCUT2D eigenvalue weighted by molar-refractivity contribution is 5.17. The molecule has 0 amide bonds. The fourth-order valence-electron chi connectivity index (χ4n) is 2.38. The van der Waals surface area contributed by atoms with Gasteiger partial charge in [-0.05, 0) is 25.7 Å². The van der Waals surface area contributed by atoms with Crippen molar-refractivity contribution in [2.45, 2.75) is 45.4 Å². The van der Waals surface area contributed by atoms with E-state index in [4.69, 9.17) is 5.73 Å². The SMILES string of the molecule is Cc1nc(N)nc(C2CCCC(C)C2)n1. The van der Waals surface area contributed by atoms with Gasteiger partial charge in [-0.2, -0.15) is 9.97 Å². The first-order valence-corrected chi connectivity index (χ1v) is 5.63. The smallest absolute Gasteiger partial charge is 0.223 e. The molecule has 15 heavy (non-hydrogen) atoms. The fourth-order valence-corrected chi connectivity index (χ4v) is 2.38. The number of nitrogen functional groups attached to an aromatic ring is 1. The van der Waals surface area contributed by atoms with Gasteiger partial charge in [0.05, 0.1) is 0 Å². The second kappa shape index (κ2) is 4.13. The van der Waals surface area contributed by atoms with E-state index in [9.17, 15) is 0 Å². The van der Waals surface area contributed by atoms with Gasteiger partial charge in [-0.25, -0.2) is 4.98 Å². The van der Waals surface area contributed by atoms with Crippen molar-refractivity contribution in [3.63, 3.8) is 0 Å². The fraction of sp³-hybridized carbons (Fsp3) is 0.727. The van der Waals surface area contributed by atoms with Crippen LogP contribution in [0.1, 0.15) is 50.2 Å². The second-order valence-electron chi connectivity index (χ2n) is 4.57. The molecular formula is C11H18N4. The van der Waals surface area contributed by atoms with Crippen molar-refractivity contribution in [1.29, 1.82) is 0 Å². The van der Waals surface area contributed by atoms with Gasteiger partial charge in [0.2, 0.25) is 5.95 Å². The van der Waals surface area contributed by atoms with Crippen LogP contribution in [0.2, 0.25) is 0 Å². The number of nitrogens with zero attached hydrogens (tertiary/aromatic N) is 3. The van der Waals surface area contributed by atoms with E-state index in [1.54, 1.807) is 0 Å². The van der Waals surface area contributed by atoms with Crippen molar-refractivity contribution in [1.82, 2.24) is 15.0 Å². The predicted molar refractivity (Wildman–Crippen MR) is 59.3 cm³/mol. The average Bonchev–Trinajstić information content (AvgIpc) is 2.16. The number of aryl methyl sites for hydroxylation is 1. The molecule has 0 aromatic carbocycles. The predicted octanol–water partition coefficient (Wildman–Crippen LogP) is 2.06. The maximum atomic E-state index is 5.64. The number of aromatic nitrogens is 3. The minimum atomic E-state index is 0.357. The van der Waals surface area contributed by atoms with Crippen LogP contribution in [0, 0.1) is 12.8 Å². The van der Waals surface area contributed by atoms with Crippen LogP contribution < -0.4 is 5.73 Å². The van der Waals surface area contributed by atoms with E-state index >= 15 is 0 Å². The molecule has 0 bridgehead atoms. The van der Waals surface area contributed by atoms with Gasteiger partial charge in [-0.1, -0.05) is 19.8 Å². The van der Waals surface area contributed by atoms with Gasteiger partial charge in [0, 0.05) is 5.92 Å². The lowest BCUT2D eigenvalue weighted by molar-refractivity contribution is 0.334. The maximum Gasteiger partial charge on any atom is 0.223 e. The summed E-state index contributed by atoms with van der Waals surface area (Å²) in [5, 5.41) is 0. The Hall–Kier alpha value is -1.19. The van der Waals surface area contributed by atoms with Crippen LogP contribution in [-0.4, -0.2) is 15.0 Å². The van der Waals surface area contributed by atoms with Gasteiger partial charge in [0.15, 0.2) is 0 Å². The molecule has 1 saturated carbocycles. The van der Waals surface area contributed by atoms with Crippen LogP contribution in [0.25, 0.3) is 0 Å². The van der Waals surface area contributed by atoms with Gasteiger partial charge in [-0.15, -0.1) is 0 Å². The Labute approximate surface area is 90.3 Å². The number of nitrogens with two attached hydrogens (primary N) is 1. The molecule has 1 aliphatic carbocycles. The van der Waals surface area contributed by atoms with Crippen LogP contribution in [0.3, 0.4) is 0 Å². The minimum absolute atomic E-state index is 0.357. The van der Waals surface area contributed by atoms with Gasteiger partial charge in [0.25, 0.3) is 0 Å². The summed E-state index contributed by atoms with van der Waals surface area (Å²) >= 11 is 0. The van der Waals surface area contributed by atoms with Crippen LogP contribution in [-0.2, 0) is 0 Å². The summed E-state index contributed by atoms with van der Waals surface area (Å²) in [5.41, 5.74) is 5.64. The molecule has 0 radical (unpaired) electrons. The number of rotatable bonds is 1. The van der Waals surface area contributed by atoms with Crippen molar-refractivity contribution in [3.05, 3.63) is 11.6 Å². The Bertz CT molecular complexity index is 330. The molecule has 4 heteroatoms. The first kappa shape index (κ1) is 10.3. The number of anilines is 1. The molecule has 2 N–H and O–H groups in total. The molecule has 0 aliphatic heterocycles. The molecule has 82 valence electrons. The van der Waals surface area contributed by atoms with Crippen molar-refractivity contribution in [2.24, 2.45) is 5.92 Å². The Balaban J connectivity index is 2.20. The zero-order valence-corrected chi connectivity index (χ0v) is 9.40. The highest BCUT2D eigenvalue weighted by Gasteiger charge is 2.23. The van der Waals surface area contributed by atoms with E-state index < -0.39 is 0 Å². The molecule has 2 rings (SSSR count). The van der Waals surface area contributed by atoms with Gasteiger partial charge in [-0.3, -0.25) is 0 Å². The zero-order chi connectivity index (χ0) is 10.8. The summed E-state index contributed by atoms with van der Waals surface area (Å²) in [6, 6.07) is 0. The van der Waals surface area contributed by atoms with E-state index in [1.165, 1.54) is 25.7 Å². The molecule has 2 atom stereocenters. The normalized spacial score (nSPS) is 26.5. The molecule has 0 saturated heterocycles. The standard InChI is InChI=1S/C11H18N4/c1-7-4-3-5-9(6-7)10-13-8(2)14-11(12)15-10/h7,9H,3-6H2,1-2H3,(H2,12,13,14,15). The van der Waals surface area contributed by atoms with E-state index in [2.05, 4.69) is 21.9 Å². The third-order valence-corrected chi connectivity index (χ3v) is 3.08. The monoisotopic (exact) mass is 206 g/mol. The Morgan fingerprint density at radius 3 is 2.67 bits per heavy atom. The zero-order valence-electron chi connectivity index (χ0n) is 9.40. The molecule has 0 spiro atoms. The van der Waals surface area contributed by atoms with Crippen molar-refractivity contribution in [3.8, 4) is 0 Å². The van der Waals surface area contributed by atoms with Gasteiger partial charge in [0.1, 0.15) is 11.6 Å². The summed E-state index contributed by atoms with van der Waals surface area (Å²) in [5.74, 6) is 3.25. The Morgan fingerprint density at radius 1 is 1.20 bits per heavy atom. The van der Waals surface area contributed by atoms with Crippen LogP contribution >= 0.6 is 0 Å². The molecule has 2 unspecified atom stereocenters. The largest absolute Gasteiger partial charge is 0.368 e. The number of hydrogen-bond acceptors (Lipinski definition) is 4.